The van der Waals surface area contributed by atoms with Gasteiger partial charge in [-0.3, -0.25) is 0 Å². The van der Waals surface area contributed by atoms with Gasteiger partial charge in [0.2, 0.25) is 0 Å². The number of benzene rings is 1. The van der Waals surface area contributed by atoms with E-state index in [2.05, 4.69) is 4.98 Å². The molecule has 1 aromatic heterocycles. The summed E-state index contributed by atoms with van der Waals surface area (Å²) in [5.41, 5.74) is 0.596. The second-order valence-electron chi connectivity index (χ2n) is 8.24. The Morgan fingerprint density at radius 3 is 2.71 bits per heavy atom. The Balaban J connectivity index is 1.70. The molecule has 31 heavy (non-hydrogen) atoms. The number of aromatic nitrogens is 1. The van der Waals surface area contributed by atoms with Gasteiger partial charge in [0.05, 0.1) is 25.8 Å². The quantitative estimate of drug-likeness (QED) is 0.641. The van der Waals surface area contributed by atoms with Crippen LogP contribution >= 0.6 is 11.3 Å². The van der Waals surface area contributed by atoms with Crippen LogP contribution in [0.15, 0.2) is 24.4 Å². The molecule has 2 aromatic rings. The highest BCUT2D eigenvalue weighted by Gasteiger charge is 2.28. The van der Waals surface area contributed by atoms with Crippen molar-refractivity contribution in [1.82, 2.24) is 9.88 Å². The second kappa shape index (κ2) is 9.65. The van der Waals surface area contributed by atoms with Gasteiger partial charge in [-0.2, -0.15) is 0 Å². The predicted molar refractivity (Wildman–Crippen MR) is 117 cm³/mol. The first-order valence-corrected chi connectivity index (χ1v) is 10.8. The molecule has 1 aliphatic rings. The van der Waals surface area contributed by atoms with Crippen LogP contribution in [0.2, 0.25) is 0 Å². The van der Waals surface area contributed by atoms with Gasteiger partial charge in [-0.1, -0.05) is 0 Å². The first-order chi connectivity index (χ1) is 14.6. The van der Waals surface area contributed by atoms with Crippen molar-refractivity contribution in [2.75, 3.05) is 33.4 Å². The molecule has 9 heteroatoms. The third-order valence-electron chi connectivity index (χ3n) is 4.42. The number of rotatable bonds is 5. The average Bonchev–Trinajstić information content (AvgIpc) is 3.17. The van der Waals surface area contributed by atoms with Crippen molar-refractivity contribution in [2.45, 2.75) is 39.4 Å². The van der Waals surface area contributed by atoms with Crippen LogP contribution in [0.4, 0.5) is 4.79 Å². The molecule has 1 aromatic carbocycles. The highest BCUT2D eigenvalue weighted by Crippen LogP contribution is 2.30. The Hall–Kier alpha value is -2.65. The van der Waals surface area contributed by atoms with Gasteiger partial charge in [0.1, 0.15) is 29.1 Å². The van der Waals surface area contributed by atoms with Crippen LogP contribution < -0.4 is 4.74 Å². The number of nitrogens with zero attached hydrogens (tertiary/aromatic N) is 2. The standard InChI is InChI=1S/C22H28N2O6S/c1-14-11-23-19(31-14)15-8-16(20(25)27-5)10-17(9-15)29-13-18-12-24(6-7-28-18)21(26)30-22(2,3)4/h8-11,18H,6-7,12-13H2,1-5H3. The lowest BCUT2D eigenvalue weighted by Gasteiger charge is -2.34. The van der Waals surface area contributed by atoms with E-state index in [9.17, 15) is 9.59 Å². The summed E-state index contributed by atoms with van der Waals surface area (Å²) >= 11 is 1.53. The van der Waals surface area contributed by atoms with Gasteiger partial charge in [0.25, 0.3) is 0 Å². The first-order valence-electron chi connectivity index (χ1n) is 10.0. The minimum absolute atomic E-state index is 0.222. The van der Waals surface area contributed by atoms with Crippen LogP contribution in [0, 0.1) is 6.92 Å². The lowest BCUT2D eigenvalue weighted by molar-refractivity contribution is -0.0557. The Labute approximate surface area is 186 Å². The van der Waals surface area contributed by atoms with Crippen LogP contribution in [0.5, 0.6) is 5.75 Å². The molecule has 168 valence electrons. The molecule has 0 spiro atoms. The number of methoxy groups -OCH3 is 1. The van der Waals surface area contributed by atoms with Gasteiger partial charge in [-0.25, -0.2) is 14.6 Å². The third-order valence-corrected chi connectivity index (χ3v) is 5.38. The molecule has 0 aliphatic carbocycles. The summed E-state index contributed by atoms with van der Waals surface area (Å²) in [6.07, 6.45) is 1.11. The van der Waals surface area contributed by atoms with Crippen molar-refractivity contribution < 1.29 is 28.5 Å². The van der Waals surface area contributed by atoms with Crippen LogP contribution in [0.1, 0.15) is 36.0 Å². The maximum atomic E-state index is 12.3. The monoisotopic (exact) mass is 448 g/mol. The highest BCUT2D eigenvalue weighted by atomic mass is 32.1. The molecule has 0 saturated carbocycles. The van der Waals surface area contributed by atoms with E-state index < -0.39 is 11.6 Å². The fourth-order valence-corrected chi connectivity index (χ4v) is 3.78. The van der Waals surface area contributed by atoms with E-state index in [1.54, 1.807) is 23.2 Å². The minimum Gasteiger partial charge on any atom is -0.491 e. The number of esters is 1. The van der Waals surface area contributed by atoms with E-state index in [-0.39, 0.29) is 18.8 Å². The molecule has 1 aliphatic heterocycles. The smallest absolute Gasteiger partial charge is 0.410 e. The Morgan fingerprint density at radius 1 is 1.29 bits per heavy atom. The van der Waals surface area contributed by atoms with Gasteiger partial charge in [-0.15, -0.1) is 11.3 Å². The second-order valence-corrected chi connectivity index (χ2v) is 9.48. The number of ether oxygens (including phenoxy) is 4. The lowest BCUT2D eigenvalue weighted by Crippen LogP contribution is -2.49. The average molecular weight is 449 g/mol. The van der Waals surface area contributed by atoms with Gasteiger partial charge >= 0.3 is 12.1 Å². The predicted octanol–water partition coefficient (Wildman–Crippen LogP) is 3.92. The fourth-order valence-electron chi connectivity index (χ4n) is 3.03. The number of thiazole rings is 1. The number of carbonyl (C=O) groups excluding carboxylic acids is 2. The van der Waals surface area contributed by atoms with Crippen molar-refractivity contribution in [1.29, 1.82) is 0 Å². The normalized spacial score (nSPS) is 16.7. The van der Waals surface area contributed by atoms with Gasteiger partial charge in [0, 0.05) is 23.2 Å². The highest BCUT2D eigenvalue weighted by molar-refractivity contribution is 7.14. The zero-order valence-corrected chi connectivity index (χ0v) is 19.3. The molecule has 3 rings (SSSR count). The maximum absolute atomic E-state index is 12.3. The van der Waals surface area contributed by atoms with Crippen molar-refractivity contribution >= 4 is 23.4 Å². The topological polar surface area (TPSA) is 87.2 Å². The van der Waals surface area contributed by atoms with Gasteiger partial charge in [-0.05, 0) is 45.9 Å². The number of aryl methyl sites for hydroxylation is 1. The minimum atomic E-state index is -0.555. The van der Waals surface area contributed by atoms with E-state index in [1.807, 2.05) is 33.8 Å². The Bertz CT molecular complexity index is 936. The lowest BCUT2D eigenvalue weighted by atomic mass is 10.1. The van der Waals surface area contributed by atoms with Crippen molar-refractivity contribution in [2.24, 2.45) is 0 Å². The van der Waals surface area contributed by atoms with Gasteiger partial charge in [0.15, 0.2) is 0 Å². The van der Waals surface area contributed by atoms with Crippen LogP contribution in [-0.4, -0.2) is 67.1 Å². The summed E-state index contributed by atoms with van der Waals surface area (Å²) in [5, 5.41) is 0.790. The zero-order chi connectivity index (χ0) is 22.6. The van der Waals surface area contributed by atoms with Gasteiger partial charge < -0.3 is 23.8 Å². The molecule has 1 fully saturated rings. The molecular weight excluding hydrogens is 420 g/mol. The SMILES string of the molecule is COC(=O)c1cc(OCC2CN(C(=O)OC(C)(C)C)CCO2)cc(-c2ncc(C)s2)c1. The zero-order valence-electron chi connectivity index (χ0n) is 18.5. The number of hydrogen-bond donors (Lipinski definition) is 0. The van der Waals surface area contributed by atoms with E-state index in [0.717, 1.165) is 15.4 Å². The molecular formula is C22H28N2O6S. The Morgan fingerprint density at radius 2 is 2.06 bits per heavy atom. The van der Waals surface area contributed by atoms with E-state index in [4.69, 9.17) is 18.9 Å². The summed E-state index contributed by atoms with van der Waals surface area (Å²) in [5.74, 6) is 0.0498. The van der Waals surface area contributed by atoms with Crippen molar-refractivity contribution in [3.63, 3.8) is 0 Å². The van der Waals surface area contributed by atoms with E-state index >= 15 is 0 Å². The van der Waals surface area contributed by atoms with Crippen molar-refractivity contribution in [3.8, 4) is 16.3 Å². The number of amides is 1. The summed E-state index contributed by atoms with van der Waals surface area (Å²) in [6.45, 7) is 8.94. The first kappa shape index (κ1) is 23.0. The van der Waals surface area contributed by atoms with Crippen LogP contribution in [0.25, 0.3) is 10.6 Å². The van der Waals surface area contributed by atoms with Crippen LogP contribution in [0.3, 0.4) is 0 Å². The number of carbonyl (C=O) groups is 2. The molecule has 0 radical (unpaired) electrons. The van der Waals surface area contributed by atoms with Crippen molar-refractivity contribution in [3.05, 3.63) is 34.8 Å². The molecule has 2 heterocycles. The summed E-state index contributed by atoms with van der Waals surface area (Å²) in [4.78, 5) is 31.5. The largest absolute Gasteiger partial charge is 0.491 e. The molecule has 0 bridgehead atoms. The maximum Gasteiger partial charge on any atom is 0.410 e. The molecule has 0 N–H and O–H groups in total. The molecule has 1 atom stereocenters. The fraction of sp³-hybridized carbons (Fsp3) is 0.500. The molecule has 1 saturated heterocycles. The number of morpholine rings is 1. The number of hydrogen-bond acceptors (Lipinski definition) is 8. The Kier molecular flexibility index (Phi) is 7.17. The molecule has 8 nitrogen and oxygen atoms in total. The third kappa shape index (κ3) is 6.41. The van der Waals surface area contributed by atoms with E-state index in [0.29, 0.717) is 31.0 Å². The van der Waals surface area contributed by atoms with E-state index in [1.165, 1.54) is 18.4 Å². The molecule has 1 amide bonds. The van der Waals surface area contributed by atoms with Crippen LogP contribution in [-0.2, 0) is 14.2 Å². The summed E-state index contributed by atoms with van der Waals surface area (Å²) < 4.78 is 22.0. The summed E-state index contributed by atoms with van der Waals surface area (Å²) in [6, 6.07) is 5.20. The molecule has 1 unspecified atom stereocenters. The summed E-state index contributed by atoms with van der Waals surface area (Å²) in [7, 11) is 1.34.